The molecule has 0 unspecified atom stereocenters. The van der Waals surface area contributed by atoms with Crippen LogP contribution in [-0.2, 0) is 9.35 Å². The van der Waals surface area contributed by atoms with Crippen LogP contribution in [0.5, 0.6) is 0 Å². The third-order valence-corrected chi connectivity index (χ3v) is 0.824. The molecule has 40 valence electrons. The molecule has 1 rings (SSSR count). The van der Waals surface area contributed by atoms with Crippen molar-refractivity contribution in [3.8, 4) is 0 Å². The summed E-state index contributed by atoms with van der Waals surface area (Å²) in [5, 5.41) is 0. The second-order valence-electron chi connectivity index (χ2n) is 0.982. The standard InChI is InChI=1S/Li.H3O5P.H/c;1-6(2,3)4-5-6;/h;1-3H;/q+1;;-1. The van der Waals surface area contributed by atoms with E-state index in [-0.39, 0.29) is 20.3 Å². The van der Waals surface area contributed by atoms with Gasteiger partial charge in [0.2, 0.25) is 0 Å². The van der Waals surface area contributed by atoms with Crippen LogP contribution in [-0.4, -0.2) is 14.7 Å². The van der Waals surface area contributed by atoms with Crippen LogP contribution in [0.3, 0.4) is 0 Å². The van der Waals surface area contributed by atoms with Gasteiger partial charge in [-0.15, -0.1) is 0 Å². The van der Waals surface area contributed by atoms with E-state index in [1.807, 2.05) is 0 Å². The van der Waals surface area contributed by atoms with E-state index < -0.39 is 7.74 Å². The zero-order valence-electron chi connectivity index (χ0n) is 4.61. The van der Waals surface area contributed by atoms with E-state index >= 15 is 0 Å². The van der Waals surface area contributed by atoms with Crippen molar-refractivity contribution in [2.24, 2.45) is 0 Å². The van der Waals surface area contributed by atoms with Gasteiger partial charge >= 0.3 is 50.6 Å². The Kier molecular flexibility index (Phi) is 1.58. The summed E-state index contributed by atoms with van der Waals surface area (Å²) < 4.78 is 6.76. The van der Waals surface area contributed by atoms with Crippen LogP contribution < -0.4 is 18.9 Å². The third kappa shape index (κ3) is 2.60. The van der Waals surface area contributed by atoms with Crippen LogP contribution in [0.15, 0.2) is 0 Å². The molecule has 0 bridgehead atoms. The van der Waals surface area contributed by atoms with Crippen LogP contribution in [0.2, 0.25) is 0 Å². The van der Waals surface area contributed by atoms with Crippen molar-refractivity contribution in [2.75, 3.05) is 0 Å². The average Bonchev–Trinajstić information content (AvgIpc) is 1.73. The van der Waals surface area contributed by atoms with Crippen molar-refractivity contribution in [1.82, 2.24) is 0 Å². The van der Waals surface area contributed by atoms with Gasteiger partial charge in [-0.05, 0) is 0 Å². The fraction of sp³-hybridized carbons (Fsp3) is 0. The summed E-state index contributed by atoms with van der Waals surface area (Å²) in [5.41, 5.74) is 0. The van der Waals surface area contributed by atoms with Gasteiger partial charge in [0.15, 0.2) is 0 Å². The second kappa shape index (κ2) is 1.41. The largest absolute Gasteiger partial charge is 1.00 e. The van der Waals surface area contributed by atoms with Crippen LogP contribution in [0.4, 0.5) is 0 Å². The molecule has 7 heavy (non-hydrogen) atoms. The number of rotatable bonds is 0. The molecule has 7 heteroatoms. The smallest absolute Gasteiger partial charge is 1.00 e. The molecule has 3 N–H and O–H groups in total. The molecule has 0 saturated carbocycles. The molecule has 0 aromatic heterocycles. The minimum atomic E-state index is -4.80. The van der Waals surface area contributed by atoms with Gasteiger partial charge in [-0.2, -0.15) is 0 Å². The number of hydrogen-bond donors (Lipinski definition) is 3. The summed E-state index contributed by atoms with van der Waals surface area (Å²) >= 11 is 0. The molecular weight excluding hydrogens is 118 g/mol. The summed E-state index contributed by atoms with van der Waals surface area (Å²) in [6.45, 7) is 0. The Morgan fingerprint density at radius 1 is 1.14 bits per heavy atom. The topological polar surface area (TPSA) is 85.8 Å². The first-order valence-corrected chi connectivity index (χ1v) is 3.06. The van der Waals surface area contributed by atoms with Crippen LogP contribution in [0.25, 0.3) is 0 Å². The molecule has 0 aliphatic carbocycles. The van der Waals surface area contributed by atoms with Gasteiger partial charge in [0, 0.05) is 0 Å². The van der Waals surface area contributed by atoms with Crippen molar-refractivity contribution in [1.29, 1.82) is 0 Å². The van der Waals surface area contributed by atoms with E-state index in [2.05, 4.69) is 9.35 Å². The fourth-order valence-corrected chi connectivity index (χ4v) is 0.402. The first-order chi connectivity index (χ1) is 2.47. The average molecular weight is 122 g/mol. The van der Waals surface area contributed by atoms with E-state index in [9.17, 15) is 0 Å². The molecule has 0 aromatic carbocycles. The van der Waals surface area contributed by atoms with Gasteiger partial charge in [0.1, 0.15) is 0 Å². The predicted molar refractivity (Wildman–Crippen MR) is 16.9 cm³/mol. The van der Waals surface area contributed by atoms with Crippen molar-refractivity contribution < 1.29 is 44.3 Å². The van der Waals surface area contributed by atoms with Gasteiger partial charge in [-0.1, -0.05) is 0 Å². The van der Waals surface area contributed by atoms with Gasteiger partial charge in [0.25, 0.3) is 0 Å². The molecule has 5 nitrogen and oxygen atoms in total. The Morgan fingerprint density at radius 3 is 1.29 bits per heavy atom. The molecule has 1 aliphatic rings. The summed E-state index contributed by atoms with van der Waals surface area (Å²) in [4.78, 5) is 23.7. The van der Waals surface area contributed by atoms with Crippen molar-refractivity contribution in [2.45, 2.75) is 0 Å². The minimum Gasteiger partial charge on any atom is -1.00 e. The molecule has 0 amide bonds. The SMILES string of the molecule is OP1(O)(O)OO1.[H-].[Li+]. The quantitative estimate of drug-likeness (QED) is 0.132. The van der Waals surface area contributed by atoms with Crippen LogP contribution in [0.1, 0.15) is 1.43 Å². The first-order valence-electron chi connectivity index (χ1n) is 1.13. The Hall–Kier alpha value is 0.827. The molecule has 1 saturated heterocycles. The maximum absolute atomic E-state index is 7.89. The summed E-state index contributed by atoms with van der Waals surface area (Å²) in [7, 11) is -4.80. The summed E-state index contributed by atoms with van der Waals surface area (Å²) in [5.74, 6) is 0. The Bertz CT molecular complexity index is 76.2. The summed E-state index contributed by atoms with van der Waals surface area (Å²) in [6.07, 6.45) is 0. The third-order valence-electron chi connectivity index (χ3n) is 0.275. The normalized spacial score (nSPS) is 36.7. The van der Waals surface area contributed by atoms with Gasteiger partial charge < -0.3 is 1.43 Å². The Morgan fingerprint density at radius 2 is 1.29 bits per heavy atom. The van der Waals surface area contributed by atoms with Gasteiger partial charge in [0.05, 0.1) is 0 Å². The molecule has 0 atom stereocenters. The molecule has 1 fully saturated rings. The second-order valence-corrected chi connectivity index (χ2v) is 2.95. The zero-order chi connectivity index (χ0) is 4.86. The predicted octanol–water partition coefficient (Wildman–Crippen LogP) is -3.83. The molecule has 0 spiro atoms. The van der Waals surface area contributed by atoms with E-state index in [0.717, 1.165) is 0 Å². The number of hydrogen-bond acceptors (Lipinski definition) is 5. The van der Waals surface area contributed by atoms with E-state index in [1.165, 1.54) is 0 Å². The molecule has 0 radical (unpaired) electrons. The van der Waals surface area contributed by atoms with Crippen molar-refractivity contribution >= 4 is 7.74 Å². The monoisotopic (exact) mass is 122 g/mol. The molecule has 1 heterocycles. The molecule has 0 aromatic rings. The van der Waals surface area contributed by atoms with E-state index in [4.69, 9.17) is 14.7 Å². The first kappa shape index (κ1) is 7.83. The fourth-order valence-electron chi connectivity index (χ4n) is 0.0447. The maximum atomic E-state index is 7.89. The van der Waals surface area contributed by atoms with Gasteiger partial charge in [-0.3, -0.25) is 0 Å². The van der Waals surface area contributed by atoms with E-state index in [1.54, 1.807) is 0 Å². The maximum Gasteiger partial charge on any atom is 1.00 e. The van der Waals surface area contributed by atoms with Crippen LogP contribution in [0, 0.1) is 0 Å². The van der Waals surface area contributed by atoms with Crippen molar-refractivity contribution in [3.63, 3.8) is 0 Å². The van der Waals surface area contributed by atoms with Crippen LogP contribution >= 0.6 is 7.74 Å². The Balaban J connectivity index is 0. The molecule has 1 aliphatic heterocycles. The summed E-state index contributed by atoms with van der Waals surface area (Å²) in [6, 6.07) is 0. The minimum absolute atomic E-state index is 0. The van der Waals surface area contributed by atoms with E-state index in [0.29, 0.717) is 0 Å². The molecular formula is H4LiO5P. The Labute approximate surface area is 52.8 Å². The zero-order valence-corrected chi connectivity index (χ0v) is 4.50. The van der Waals surface area contributed by atoms with Gasteiger partial charge in [-0.25, -0.2) is 0 Å². The van der Waals surface area contributed by atoms with Crippen molar-refractivity contribution in [3.05, 3.63) is 0 Å².